The van der Waals surface area contributed by atoms with Crippen molar-refractivity contribution in [3.05, 3.63) is 94.7 Å². The molecule has 0 spiro atoms. The second kappa shape index (κ2) is 8.07. The molecule has 0 saturated carbocycles. The fourth-order valence-electron chi connectivity index (χ4n) is 3.54. The highest BCUT2D eigenvalue weighted by Crippen LogP contribution is 2.42. The molecule has 1 unspecified atom stereocenters. The van der Waals surface area contributed by atoms with Gasteiger partial charge in [0, 0.05) is 20.6 Å². The lowest BCUT2D eigenvalue weighted by Crippen LogP contribution is -2.22. The van der Waals surface area contributed by atoms with Crippen molar-refractivity contribution in [3.8, 4) is 11.1 Å². The summed E-state index contributed by atoms with van der Waals surface area (Å²) in [6.07, 6.45) is 0. The fraction of sp³-hybridized carbons (Fsp3) is 0.0833. The summed E-state index contributed by atoms with van der Waals surface area (Å²) in [7, 11) is 2.23. The van der Waals surface area contributed by atoms with E-state index in [4.69, 9.17) is 0 Å². The number of hydrogen-bond donors (Lipinski definition) is 0. The molecule has 134 valence electrons. The van der Waals surface area contributed by atoms with Crippen LogP contribution in [0.4, 0.5) is 0 Å². The Morgan fingerprint density at radius 3 is 1.85 bits per heavy atom. The molecule has 3 aromatic carbocycles. The van der Waals surface area contributed by atoms with E-state index in [-0.39, 0.29) is 0 Å². The largest absolute Gasteiger partial charge is 0.145 e. The van der Waals surface area contributed by atoms with E-state index in [0.29, 0.717) is 0 Å². The second-order valence-corrected chi connectivity index (χ2v) is 10.8. The van der Waals surface area contributed by atoms with Crippen LogP contribution in [0.5, 0.6) is 0 Å². The Kier molecular flexibility index (Phi) is 5.55. The third-order valence-electron chi connectivity index (χ3n) is 4.66. The summed E-state index contributed by atoms with van der Waals surface area (Å²) in [5, 5.41) is 5.54. The minimum Gasteiger partial charge on any atom is -0.145 e. The first-order valence-corrected chi connectivity index (χ1v) is 11.7. The third kappa shape index (κ3) is 3.78. The van der Waals surface area contributed by atoms with E-state index >= 15 is 0 Å². The average Bonchev–Trinajstić information content (AvgIpc) is 2.98. The molecular formula is C24H22P2S. The number of rotatable bonds is 4. The maximum absolute atomic E-state index is 2.83. The lowest BCUT2D eigenvalue weighted by Gasteiger charge is -2.21. The Morgan fingerprint density at radius 1 is 0.704 bits per heavy atom. The topological polar surface area (TPSA) is 0 Å². The van der Waals surface area contributed by atoms with Gasteiger partial charge in [-0.1, -0.05) is 78.9 Å². The molecule has 0 aliphatic heterocycles. The molecule has 0 N–H and O–H groups in total. The summed E-state index contributed by atoms with van der Waals surface area (Å²) in [5.41, 5.74) is 2.74. The highest BCUT2D eigenvalue weighted by Gasteiger charge is 2.25. The summed E-state index contributed by atoms with van der Waals surface area (Å²) < 4.78 is 0. The van der Waals surface area contributed by atoms with Crippen molar-refractivity contribution in [1.29, 1.82) is 0 Å². The standard InChI is InChI=1S/C24H22P2S/c1-17-23(19-10-9-11-20(25)16-19)24(18(2)27-17)26(21-12-5-3-6-13-21)22-14-7-4-8-15-22/h3-16H,25H2,1-2H3. The maximum Gasteiger partial charge on any atom is 0.0107 e. The molecule has 1 heterocycles. The predicted octanol–water partition coefficient (Wildman–Crippen LogP) is 5.29. The van der Waals surface area contributed by atoms with Crippen LogP contribution in [0.1, 0.15) is 9.75 Å². The zero-order valence-electron chi connectivity index (χ0n) is 15.5. The van der Waals surface area contributed by atoms with Gasteiger partial charge in [0.2, 0.25) is 0 Å². The van der Waals surface area contributed by atoms with Crippen molar-refractivity contribution in [2.75, 3.05) is 0 Å². The highest BCUT2D eigenvalue weighted by atomic mass is 32.1. The van der Waals surface area contributed by atoms with Crippen LogP contribution in [0, 0.1) is 13.8 Å². The van der Waals surface area contributed by atoms with Gasteiger partial charge in [0.15, 0.2) is 0 Å². The molecule has 0 aliphatic carbocycles. The van der Waals surface area contributed by atoms with Crippen LogP contribution in [0.2, 0.25) is 0 Å². The quantitative estimate of drug-likeness (QED) is 0.406. The van der Waals surface area contributed by atoms with Crippen molar-refractivity contribution in [2.45, 2.75) is 13.8 Å². The zero-order chi connectivity index (χ0) is 18.8. The molecule has 27 heavy (non-hydrogen) atoms. The second-order valence-electron chi connectivity index (χ2n) is 6.57. The molecule has 0 fully saturated rings. The van der Waals surface area contributed by atoms with E-state index < -0.39 is 7.92 Å². The minimum atomic E-state index is -0.596. The van der Waals surface area contributed by atoms with Gasteiger partial charge in [0.25, 0.3) is 0 Å². The monoisotopic (exact) mass is 404 g/mol. The van der Waals surface area contributed by atoms with Gasteiger partial charge in [-0.15, -0.1) is 20.6 Å². The Hall–Kier alpha value is -1.78. The lowest BCUT2D eigenvalue weighted by molar-refractivity contribution is 1.60. The van der Waals surface area contributed by atoms with Crippen LogP contribution >= 0.6 is 28.5 Å². The van der Waals surface area contributed by atoms with Gasteiger partial charge >= 0.3 is 0 Å². The normalized spacial score (nSPS) is 11.1. The predicted molar refractivity (Wildman–Crippen MR) is 127 cm³/mol. The van der Waals surface area contributed by atoms with Gasteiger partial charge < -0.3 is 0 Å². The average molecular weight is 404 g/mol. The highest BCUT2D eigenvalue weighted by molar-refractivity contribution is 7.80. The first-order chi connectivity index (χ1) is 13.1. The van der Waals surface area contributed by atoms with Gasteiger partial charge in [-0.05, 0) is 49.3 Å². The SMILES string of the molecule is Cc1sc(C)c(P(c2ccccc2)c2ccccc2)c1-c1cccc(P)c1. The molecule has 4 aromatic rings. The van der Waals surface area contributed by atoms with E-state index in [0.717, 1.165) is 0 Å². The van der Waals surface area contributed by atoms with Crippen molar-refractivity contribution in [1.82, 2.24) is 0 Å². The first-order valence-electron chi connectivity index (χ1n) is 9.01. The number of aryl methyl sites for hydroxylation is 2. The maximum atomic E-state index is 2.83. The molecule has 4 rings (SSSR count). The summed E-state index contributed by atoms with van der Waals surface area (Å²) in [5.74, 6) is 0. The van der Waals surface area contributed by atoms with Crippen molar-refractivity contribution >= 4 is 49.7 Å². The van der Waals surface area contributed by atoms with Crippen LogP contribution in [-0.2, 0) is 0 Å². The van der Waals surface area contributed by atoms with Crippen molar-refractivity contribution in [3.63, 3.8) is 0 Å². The number of thiophene rings is 1. The van der Waals surface area contributed by atoms with Crippen LogP contribution in [0.15, 0.2) is 84.9 Å². The first kappa shape index (κ1) is 18.6. The van der Waals surface area contributed by atoms with Crippen LogP contribution in [0.25, 0.3) is 11.1 Å². The summed E-state index contributed by atoms with van der Waals surface area (Å²) in [6, 6.07) is 30.8. The van der Waals surface area contributed by atoms with Gasteiger partial charge in [-0.25, -0.2) is 0 Å². The minimum absolute atomic E-state index is 0.596. The molecule has 0 radical (unpaired) electrons. The molecule has 3 heteroatoms. The number of hydrogen-bond acceptors (Lipinski definition) is 1. The molecule has 0 aliphatic rings. The Balaban J connectivity index is 1.99. The van der Waals surface area contributed by atoms with Crippen LogP contribution in [-0.4, -0.2) is 0 Å². The molecule has 0 bridgehead atoms. The Labute approximate surface area is 169 Å². The van der Waals surface area contributed by atoms with E-state index in [1.165, 1.54) is 42.1 Å². The van der Waals surface area contributed by atoms with Crippen molar-refractivity contribution < 1.29 is 0 Å². The fourth-order valence-corrected chi connectivity index (χ4v) is 7.88. The third-order valence-corrected chi connectivity index (χ3v) is 8.82. The molecule has 0 saturated heterocycles. The van der Waals surface area contributed by atoms with Crippen LogP contribution in [0.3, 0.4) is 0 Å². The smallest absolute Gasteiger partial charge is 0.0107 e. The Morgan fingerprint density at radius 2 is 1.30 bits per heavy atom. The zero-order valence-corrected chi connectivity index (χ0v) is 18.4. The molecule has 1 aromatic heterocycles. The van der Waals surface area contributed by atoms with E-state index in [9.17, 15) is 0 Å². The Bertz CT molecular complexity index is 1010. The van der Waals surface area contributed by atoms with Crippen LogP contribution < -0.4 is 21.2 Å². The van der Waals surface area contributed by atoms with E-state index in [1.807, 2.05) is 11.3 Å². The molecular weight excluding hydrogens is 382 g/mol. The van der Waals surface area contributed by atoms with Gasteiger partial charge in [0.1, 0.15) is 0 Å². The summed E-state index contributed by atoms with van der Waals surface area (Å²) in [4.78, 5) is 2.83. The van der Waals surface area contributed by atoms with E-state index in [2.05, 4.69) is 108 Å². The van der Waals surface area contributed by atoms with E-state index in [1.54, 1.807) is 0 Å². The lowest BCUT2D eigenvalue weighted by atomic mass is 10.1. The summed E-state index contributed by atoms with van der Waals surface area (Å²) in [6.45, 7) is 4.54. The van der Waals surface area contributed by atoms with Gasteiger partial charge in [0.05, 0.1) is 0 Å². The molecule has 0 amide bonds. The molecule has 1 atom stereocenters. The number of benzene rings is 3. The van der Waals surface area contributed by atoms with Gasteiger partial charge in [-0.2, -0.15) is 0 Å². The van der Waals surface area contributed by atoms with Crippen molar-refractivity contribution in [2.24, 2.45) is 0 Å². The van der Waals surface area contributed by atoms with Gasteiger partial charge in [-0.3, -0.25) is 0 Å². The summed E-state index contributed by atoms with van der Waals surface area (Å²) >= 11 is 1.92. The molecule has 0 nitrogen and oxygen atoms in total.